The summed E-state index contributed by atoms with van der Waals surface area (Å²) in [7, 11) is 0. The number of nitrogens with zero attached hydrogens (tertiary/aromatic N) is 2. The van der Waals surface area contributed by atoms with Crippen molar-refractivity contribution >= 4 is 23.8 Å². The number of benzene rings is 2. The van der Waals surface area contributed by atoms with E-state index in [2.05, 4.69) is 31.2 Å². The summed E-state index contributed by atoms with van der Waals surface area (Å²) in [5.74, 6) is -3.25. The molecule has 0 atom stereocenters. The second-order valence-corrected chi connectivity index (χ2v) is 7.73. The lowest BCUT2D eigenvalue weighted by molar-refractivity contribution is 0.0514. The highest BCUT2D eigenvalue weighted by Gasteiger charge is 2.29. The fourth-order valence-electron chi connectivity index (χ4n) is 3.66. The summed E-state index contributed by atoms with van der Waals surface area (Å²) in [5.41, 5.74) is 5.43. The van der Waals surface area contributed by atoms with Crippen molar-refractivity contribution < 1.29 is 28.7 Å². The van der Waals surface area contributed by atoms with E-state index < -0.39 is 23.8 Å². The Hall–Kier alpha value is -5.26. The van der Waals surface area contributed by atoms with Gasteiger partial charge in [-0.1, -0.05) is 60.7 Å². The Kier molecular flexibility index (Phi) is 7.92. The molecule has 4 N–H and O–H groups in total. The van der Waals surface area contributed by atoms with Crippen LogP contribution >= 0.6 is 0 Å². The molecule has 4 rings (SSSR count). The zero-order chi connectivity index (χ0) is 27.1. The largest absolute Gasteiger partial charge is 0.462 e. The summed E-state index contributed by atoms with van der Waals surface area (Å²) in [6.07, 6.45) is 0. The zero-order valence-corrected chi connectivity index (χ0v) is 20.5. The number of ether oxygens (including phenoxy) is 2. The lowest BCUT2D eigenvalue weighted by atomic mass is 10.1. The Morgan fingerprint density at radius 3 is 1.37 bits per heavy atom. The van der Waals surface area contributed by atoms with Crippen molar-refractivity contribution in [3.05, 3.63) is 83.2 Å². The third-order valence-corrected chi connectivity index (χ3v) is 5.33. The molecule has 0 radical (unpaired) electrons. The quantitative estimate of drug-likeness (QED) is 0.205. The van der Waals surface area contributed by atoms with E-state index in [0.29, 0.717) is 11.1 Å². The number of carbonyl (C=O) groups excluding carboxylic acids is 4. The first kappa shape index (κ1) is 25.8. The molecule has 38 heavy (non-hydrogen) atoms. The molecule has 0 bridgehead atoms. The highest BCUT2D eigenvalue weighted by Crippen LogP contribution is 2.26. The molecule has 0 aliphatic heterocycles. The number of aromatic nitrogens is 4. The van der Waals surface area contributed by atoms with Crippen molar-refractivity contribution in [2.75, 3.05) is 13.2 Å². The molecule has 0 fully saturated rings. The fourth-order valence-corrected chi connectivity index (χ4v) is 3.66. The molecule has 12 nitrogen and oxygen atoms in total. The van der Waals surface area contributed by atoms with Crippen molar-refractivity contribution in [1.29, 1.82) is 0 Å². The van der Waals surface area contributed by atoms with Crippen LogP contribution in [0, 0.1) is 0 Å². The molecular formula is C26H24N6O6. The molecule has 0 saturated carbocycles. The van der Waals surface area contributed by atoms with Crippen molar-refractivity contribution in [3.63, 3.8) is 0 Å². The third-order valence-electron chi connectivity index (χ3n) is 5.33. The SMILES string of the molecule is CCOC(=O)c1c(-c2ccccc2)n[nH]c1C(=O)NNC(=O)c1[nH]nc(-c2ccccc2)c1C(=O)OCC. The number of hydrazine groups is 1. The van der Waals surface area contributed by atoms with Gasteiger partial charge in [0.2, 0.25) is 0 Å². The molecule has 2 amide bonds. The van der Waals surface area contributed by atoms with E-state index in [1.54, 1.807) is 74.5 Å². The Bertz CT molecular complexity index is 1350. The van der Waals surface area contributed by atoms with Gasteiger partial charge in [-0.15, -0.1) is 0 Å². The molecule has 194 valence electrons. The summed E-state index contributed by atoms with van der Waals surface area (Å²) >= 11 is 0. The number of hydrogen-bond acceptors (Lipinski definition) is 8. The standard InChI is InChI=1S/C26H24N6O6/c1-3-37-25(35)17-19(15-11-7-5-8-12-15)27-29-21(17)23(33)31-32-24(34)22-18(26(36)38-4-2)20(28-30-22)16-13-9-6-10-14-16/h5-14H,3-4H2,1-2H3,(H,27,29)(H,28,30)(H,31,33)(H,32,34). The van der Waals surface area contributed by atoms with Crippen molar-refractivity contribution in [1.82, 2.24) is 31.2 Å². The van der Waals surface area contributed by atoms with E-state index in [9.17, 15) is 19.2 Å². The number of amides is 2. The number of esters is 2. The Morgan fingerprint density at radius 2 is 1.03 bits per heavy atom. The topological polar surface area (TPSA) is 168 Å². The number of hydrogen-bond donors (Lipinski definition) is 4. The maximum absolute atomic E-state index is 13.0. The first-order chi connectivity index (χ1) is 18.5. The molecule has 2 aromatic heterocycles. The molecule has 0 saturated heterocycles. The monoisotopic (exact) mass is 516 g/mol. The van der Waals surface area contributed by atoms with E-state index in [1.807, 2.05) is 0 Å². The molecule has 0 unspecified atom stereocenters. The predicted molar refractivity (Wildman–Crippen MR) is 135 cm³/mol. The first-order valence-corrected chi connectivity index (χ1v) is 11.7. The highest BCUT2D eigenvalue weighted by molar-refractivity contribution is 6.10. The Morgan fingerprint density at radius 1 is 0.658 bits per heavy atom. The Labute approximate surface area is 216 Å². The second kappa shape index (κ2) is 11.6. The van der Waals surface area contributed by atoms with Crippen LogP contribution in [0.15, 0.2) is 60.7 Å². The normalized spacial score (nSPS) is 10.5. The maximum Gasteiger partial charge on any atom is 0.342 e. The van der Waals surface area contributed by atoms with Gasteiger partial charge in [0.15, 0.2) is 0 Å². The van der Waals surface area contributed by atoms with Gasteiger partial charge in [0, 0.05) is 11.1 Å². The highest BCUT2D eigenvalue weighted by atomic mass is 16.5. The first-order valence-electron chi connectivity index (χ1n) is 11.7. The average Bonchev–Trinajstić information content (AvgIpc) is 3.58. The van der Waals surface area contributed by atoms with Gasteiger partial charge in [-0.2, -0.15) is 10.2 Å². The second-order valence-electron chi connectivity index (χ2n) is 7.73. The van der Waals surface area contributed by atoms with Crippen LogP contribution in [-0.4, -0.2) is 57.4 Å². The van der Waals surface area contributed by atoms with E-state index in [-0.39, 0.29) is 47.1 Å². The van der Waals surface area contributed by atoms with E-state index in [1.165, 1.54) is 0 Å². The van der Waals surface area contributed by atoms with Crippen LogP contribution in [0.2, 0.25) is 0 Å². The van der Waals surface area contributed by atoms with Gasteiger partial charge in [0.05, 0.1) is 13.2 Å². The van der Waals surface area contributed by atoms with Crippen LogP contribution in [0.5, 0.6) is 0 Å². The predicted octanol–water partition coefficient (Wildman–Crippen LogP) is 2.90. The number of nitrogens with one attached hydrogen (secondary N) is 4. The summed E-state index contributed by atoms with van der Waals surface area (Å²) in [5, 5.41) is 13.3. The minimum absolute atomic E-state index is 0.0796. The number of aromatic amines is 2. The molecule has 0 aliphatic rings. The summed E-state index contributed by atoms with van der Waals surface area (Å²) in [6.45, 7) is 3.43. The van der Waals surface area contributed by atoms with Gasteiger partial charge >= 0.3 is 11.9 Å². The minimum Gasteiger partial charge on any atom is -0.462 e. The van der Waals surface area contributed by atoms with Crippen molar-refractivity contribution in [3.8, 4) is 22.5 Å². The van der Waals surface area contributed by atoms with Crippen LogP contribution in [0.4, 0.5) is 0 Å². The number of carbonyl (C=O) groups is 4. The molecule has 0 aliphatic carbocycles. The molecule has 2 aromatic carbocycles. The van der Waals surface area contributed by atoms with Gasteiger partial charge in [-0.05, 0) is 13.8 Å². The lowest BCUT2D eigenvalue weighted by Crippen LogP contribution is -2.43. The van der Waals surface area contributed by atoms with Crippen LogP contribution in [-0.2, 0) is 9.47 Å². The van der Waals surface area contributed by atoms with Gasteiger partial charge in [0.1, 0.15) is 33.9 Å². The van der Waals surface area contributed by atoms with Gasteiger partial charge in [0.25, 0.3) is 11.8 Å². The smallest absolute Gasteiger partial charge is 0.342 e. The van der Waals surface area contributed by atoms with Crippen LogP contribution in [0.25, 0.3) is 22.5 Å². The van der Waals surface area contributed by atoms with Gasteiger partial charge in [-0.3, -0.25) is 30.6 Å². The van der Waals surface area contributed by atoms with Crippen LogP contribution in [0.3, 0.4) is 0 Å². The van der Waals surface area contributed by atoms with E-state index >= 15 is 0 Å². The van der Waals surface area contributed by atoms with E-state index in [0.717, 1.165) is 0 Å². The molecule has 2 heterocycles. The van der Waals surface area contributed by atoms with Crippen molar-refractivity contribution in [2.24, 2.45) is 0 Å². The minimum atomic E-state index is -0.864. The number of H-pyrrole nitrogens is 2. The van der Waals surface area contributed by atoms with Crippen LogP contribution < -0.4 is 10.9 Å². The third kappa shape index (κ3) is 5.28. The van der Waals surface area contributed by atoms with Crippen molar-refractivity contribution in [2.45, 2.75) is 13.8 Å². The van der Waals surface area contributed by atoms with E-state index in [4.69, 9.17) is 9.47 Å². The number of rotatable bonds is 8. The summed E-state index contributed by atoms with van der Waals surface area (Å²) in [6, 6.07) is 17.5. The molecular weight excluding hydrogens is 492 g/mol. The maximum atomic E-state index is 13.0. The zero-order valence-electron chi connectivity index (χ0n) is 20.5. The van der Waals surface area contributed by atoms with Gasteiger partial charge in [-0.25, -0.2) is 9.59 Å². The van der Waals surface area contributed by atoms with Crippen LogP contribution in [0.1, 0.15) is 55.5 Å². The summed E-state index contributed by atoms with van der Waals surface area (Å²) < 4.78 is 10.2. The average molecular weight is 517 g/mol. The Balaban J connectivity index is 1.60. The summed E-state index contributed by atoms with van der Waals surface area (Å²) in [4.78, 5) is 51.3. The lowest BCUT2D eigenvalue weighted by Gasteiger charge is -2.09. The molecule has 0 spiro atoms. The van der Waals surface area contributed by atoms with Gasteiger partial charge < -0.3 is 9.47 Å². The molecule has 4 aromatic rings. The molecule has 12 heteroatoms. The fraction of sp³-hybridized carbons (Fsp3) is 0.154.